The lowest BCUT2D eigenvalue weighted by Crippen LogP contribution is -2.47. The van der Waals surface area contributed by atoms with Gasteiger partial charge in [0.1, 0.15) is 5.76 Å². The van der Waals surface area contributed by atoms with Gasteiger partial charge in [-0.25, -0.2) is 0 Å². The van der Waals surface area contributed by atoms with Crippen molar-refractivity contribution in [1.29, 1.82) is 0 Å². The maximum absolute atomic E-state index is 8.74. The summed E-state index contributed by atoms with van der Waals surface area (Å²) in [5.41, 5.74) is 10.5. The van der Waals surface area contributed by atoms with Crippen LogP contribution in [0.3, 0.4) is 0 Å². The lowest BCUT2D eigenvalue weighted by Gasteiger charge is -2.21. The number of rotatable bonds is 1. The number of ether oxygens (including phenoxy) is 1. The second-order valence-corrected chi connectivity index (χ2v) is 3.80. The van der Waals surface area contributed by atoms with Gasteiger partial charge in [-0.05, 0) is 18.2 Å². The molecule has 7 nitrogen and oxygen atoms in total. The Kier molecular flexibility index (Phi) is 4.91. The summed E-state index contributed by atoms with van der Waals surface area (Å²) < 4.78 is 36.5. The highest BCUT2D eigenvalue weighted by Gasteiger charge is 2.16. The van der Waals surface area contributed by atoms with Crippen molar-refractivity contribution < 1.29 is 22.3 Å². The number of hydrogen-bond acceptors (Lipinski definition) is 5. The maximum atomic E-state index is 8.74. The summed E-state index contributed by atoms with van der Waals surface area (Å²) in [6, 6.07) is 0. The fraction of sp³-hybridized carbons (Fsp3) is 0.429. The van der Waals surface area contributed by atoms with Crippen LogP contribution in [0.15, 0.2) is 24.0 Å². The third kappa shape index (κ3) is 9.38. The van der Waals surface area contributed by atoms with E-state index in [9.17, 15) is 0 Å². The smallest absolute Gasteiger partial charge is 0.394 e. The monoisotopic (exact) mass is 238 g/mol. The first-order chi connectivity index (χ1) is 6.64. The SMILES string of the molecule is COC1=CCC(N)(N)C=C1.O=S(=O)(O)O. The molecule has 15 heavy (non-hydrogen) atoms. The van der Waals surface area contributed by atoms with Crippen molar-refractivity contribution in [3.05, 3.63) is 24.0 Å². The molecule has 88 valence electrons. The molecule has 0 aromatic rings. The molecule has 0 saturated heterocycles. The van der Waals surface area contributed by atoms with E-state index < -0.39 is 16.1 Å². The summed E-state index contributed by atoms with van der Waals surface area (Å²) in [4.78, 5) is 0. The van der Waals surface area contributed by atoms with Crippen LogP contribution in [0.25, 0.3) is 0 Å². The van der Waals surface area contributed by atoms with Gasteiger partial charge in [-0.2, -0.15) is 8.42 Å². The standard InChI is InChI=1S/C7H12N2O.H2O4S/c1-10-6-2-4-7(8,9)5-3-6;1-5(2,3)4/h2-4H,5,8-9H2,1H3;(H2,1,2,3,4). The van der Waals surface area contributed by atoms with E-state index in [2.05, 4.69) is 0 Å². The molecule has 0 amide bonds. The van der Waals surface area contributed by atoms with Gasteiger partial charge in [0.05, 0.1) is 12.8 Å². The fourth-order valence-corrected chi connectivity index (χ4v) is 0.802. The third-order valence-corrected chi connectivity index (χ3v) is 1.45. The Bertz CT molecular complexity index is 350. The average molecular weight is 238 g/mol. The molecule has 8 heteroatoms. The highest BCUT2D eigenvalue weighted by atomic mass is 32.3. The fourth-order valence-electron chi connectivity index (χ4n) is 0.802. The Morgan fingerprint density at radius 3 is 2.20 bits per heavy atom. The highest BCUT2D eigenvalue weighted by Crippen LogP contribution is 2.13. The lowest BCUT2D eigenvalue weighted by atomic mass is 10.0. The minimum absolute atomic E-state index is 0.632. The summed E-state index contributed by atoms with van der Waals surface area (Å²) in [5.74, 6) is 0.825. The first-order valence-electron chi connectivity index (χ1n) is 3.85. The second kappa shape index (κ2) is 5.24. The van der Waals surface area contributed by atoms with Gasteiger partial charge in [-0.1, -0.05) is 0 Å². The van der Waals surface area contributed by atoms with Crippen LogP contribution in [0, 0.1) is 0 Å². The number of methoxy groups -OCH3 is 1. The normalized spacial score (nSPS) is 18.6. The molecule has 0 aliphatic heterocycles. The largest absolute Gasteiger partial charge is 0.497 e. The molecule has 0 spiro atoms. The summed E-state index contributed by atoms with van der Waals surface area (Å²) >= 11 is 0. The molecule has 0 bridgehead atoms. The minimum Gasteiger partial charge on any atom is -0.497 e. The molecule has 0 saturated carbocycles. The van der Waals surface area contributed by atoms with Gasteiger partial charge in [0, 0.05) is 6.42 Å². The Morgan fingerprint density at radius 2 is 1.93 bits per heavy atom. The Hall–Kier alpha value is -0.930. The first-order valence-corrected chi connectivity index (χ1v) is 5.25. The van der Waals surface area contributed by atoms with Crippen LogP contribution in [0.1, 0.15) is 6.42 Å². The van der Waals surface area contributed by atoms with E-state index in [1.807, 2.05) is 6.08 Å². The van der Waals surface area contributed by atoms with Crippen molar-refractivity contribution in [2.75, 3.05) is 7.11 Å². The molecule has 0 atom stereocenters. The van der Waals surface area contributed by atoms with Crippen LogP contribution < -0.4 is 11.5 Å². The van der Waals surface area contributed by atoms with Crippen LogP contribution in [-0.4, -0.2) is 30.3 Å². The van der Waals surface area contributed by atoms with Gasteiger partial charge in [-0.15, -0.1) is 0 Å². The van der Waals surface area contributed by atoms with Crippen LogP contribution in [-0.2, 0) is 15.1 Å². The summed E-state index contributed by atoms with van der Waals surface area (Å²) in [5, 5.41) is 0. The summed E-state index contributed by atoms with van der Waals surface area (Å²) in [7, 11) is -3.05. The van der Waals surface area contributed by atoms with Gasteiger partial charge in [0.2, 0.25) is 0 Å². The number of hydrogen-bond donors (Lipinski definition) is 4. The van der Waals surface area contributed by atoms with E-state index >= 15 is 0 Å². The van der Waals surface area contributed by atoms with E-state index in [0.29, 0.717) is 6.42 Å². The molecular formula is C7H14N2O5S. The Balaban J connectivity index is 0.000000336. The Morgan fingerprint density at radius 1 is 1.47 bits per heavy atom. The van der Waals surface area contributed by atoms with Gasteiger partial charge in [0.25, 0.3) is 0 Å². The zero-order valence-electron chi connectivity index (χ0n) is 8.12. The minimum atomic E-state index is -4.67. The zero-order valence-corrected chi connectivity index (χ0v) is 8.94. The summed E-state index contributed by atoms with van der Waals surface area (Å²) in [6.45, 7) is 0. The quantitative estimate of drug-likeness (QED) is 0.355. The maximum Gasteiger partial charge on any atom is 0.394 e. The van der Waals surface area contributed by atoms with E-state index in [1.165, 1.54) is 0 Å². The molecule has 0 unspecified atom stereocenters. The lowest BCUT2D eigenvalue weighted by molar-refractivity contribution is 0.299. The Labute approximate surface area is 88.0 Å². The van der Waals surface area contributed by atoms with Crippen LogP contribution >= 0.6 is 0 Å². The van der Waals surface area contributed by atoms with Crippen molar-refractivity contribution in [3.8, 4) is 0 Å². The topological polar surface area (TPSA) is 136 Å². The molecule has 0 radical (unpaired) electrons. The third-order valence-electron chi connectivity index (χ3n) is 1.45. The van der Waals surface area contributed by atoms with Crippen molar-refractivity contribution in [2.45, 2.75) is 12.1 Å². The molecule has 6 N–H and O–H groups in total. The molecule has 1 rings (SSSR count). The molecule has 0 aromatic carbocycles. The zero-order chi connectivity index (χ0) is 12.1. The molecule has 0 heterocycles. The van der Waals surface area contributed by atoms with Crippen LogP contribution in [0.4, 0.5) is 0 Å². The van der Waals surface area contributed by atoms with Crippen LogP contribution in [0.5, 0.6) is 0 Å². The number of nitrogens with two attached hydrogens (primary N) is 2. The van der Waals surface area contributed by atoms with Crippen molar-refractivity contribution >= 4 is 10.4 Å². The molecule has 0 fully saturated rings. The van der Waals surface area contributed by atoms with Crippen molar-refractivity contribution in [3.63, 3.8) is 0 Å². The van der Waals surface area contributed by atoms with Gasteiger partial charge >= 0.3 is 10.4 Å². The predicted molar refractivity (Wildman–Crippen MR) is 54.1 cm³/mol. The van der Waals surface area contributed by atoms with E-state index in [-0.39, 0.29) is 0 Å². The molecule has 0 aromatic heterocycles. The van der Waals surface area contributed by atoms with E-state index in [4.69, 9.17) is 33.7 Å². The van der Waals surface area contributed by atoms with Crippen molar-refractivity contribution in [1.82, 2.24) is 0 Å². The molecule has 1 aliphatic rings. The van der Waals surface area contributed by atoms with E-state index in [0.717, 1.165) is 5.76 Å². The predicted octanol–water partition coefficient (Wildman–Crippen LogP) is -0.562. The van der Waals surface area contributed by atoms with Crippen LogP contribution in [0.2, 0.25) is 0 Å². The average Bonchev–Trinajstić information content (AvgIpc) is 2.01. The molecule has 1 aliphatic carbocycles. The summed E-state index contributed by atoms with van der Waals surface area (Å²) in [6.07, 6.45) is 6.03. The van der Waals surface area contributed by atoms with Crippen molar-refractivity contribution in [2.24, 2.45) is 11.5 Å². The number of allylic oxidation sites excluding steroid dienone is 1. The van der Waals surface area contributed by atoms with Gasteiger partial charge in [-0.3, -0.25) is 9.11 Å². The highest BCUT2D eigenvalue weighted by molar-refractivity contribution is 7.79. The van der Waals surface area contributed by atoms with Gasteiger partial charge < -0.3 is 16.2 Å². The molecular weight excluding hydrogens is 224 g/mol. The van der Waals surface area contributed by atoms with Gasteiger partial charge in [0.15, 0.2) is 0 Å². The van der Waals surface area contributed by atoms with E-state index in [1.54, 1.807) is 19.3 Å². The second-order valence-electron chi connectivity index (χ2n) is 2.91. The first kappa shape index (κ1) is 14.1.